The second-order valence-electron chi connectivity index (χ2n) is 5.83. The van der Waals surface area contributed by atoms with Gasteiger partial charge < -0.3 is 9.80 Å². The second-order valence-corrected chi connectivity index (χ2v) is 7.08. The molecule has 1 fully saturated rings. The predicted molar refractivity (Wildman–Crippen MR) is 104 cm³/mol. The molecule has 23 heavy (non-hydrogen) atoms. The van der Waals surface area contributed by atoms with Gasteiger partial charge in [-0.3, -0.25) is 0 Å². The Morgan fingerprint density at radius 3 is 2.22 bits per heavy atom. The molecule has 1 aliphatic heterocycles. The van der Waals surface area contributed by atoms with E-state index < -0.39 is 0 Å². The van der Waals surface area contributed by atoms with Crippen LogP contribution < -0.4 is 4.90 Å². The van der Waals surface area contributed by atoms with Gasteiger partial charge in [0.1, 0.15) is 0 Å². The van der Waals surface area contributed by atoms with E-state index in [1.807, 2.05) is 24.3 Å². The highest BCUT2D eigenvalue weighted by molar-refractivity contribution is 14.1. The van der Waals surface area contributed by atoms with E-state index in [-0.39, 0.29) is 0 Å². The predicted octanol–water partition coefficient (Wildman–Crippen LogP) is 4.33. The molecule has 2 aromatic carbocycles. The van der Waals surface area contributed by atoms with Gasteiger partial charge in [0.25, 0.3) is 0 Å². The lowest BCUT2D eigenvalue weighted by Gasteiger charge is -2.34. The van der Waals surface area contributed by atoms with Gasteiger partial charge in [0.05, 0.1) is 12.2 Å². The number of nitrogens with zero attached hydrogens (tertiary/aromatic N) is 4. The summed E-state index contributed by atoms with van der Waals surface area (Å²) >= 11 is 2.29. The minimum Gasteiger partial charge on any atom is -0.369 e. The van der Waals surface area contributed by atoms with E-state index in [1.165, 1.54) is 14.8 Å². The molecule has 0 saturated carbocycles. The molecule has 0 bridgehead atoms. The number of hydrogen-bond acceptors (Lipinski definition) is 4. The molecule has 2 aromatic rings. The van der Waals surface area contributed by atoms with Gasteiger partial charge in [-0.1, -0.05) is 12.1 Å². The molecule has 120 valence electrons. The van der Waals surface area contributed by atoms with Crippen LogP contribution >= 0.6 is 22.6 Å². The summed E-state index contributed by atoms with van der Waals surface area (Å²) in [6, 6.07) is 16.8. The molecule has 1 saturated heterocycles. The van der Waals surface area contributed by atoms with Crippen LogP contribution in [0.25, 0.3) is 0 Å². The zero-order valence-corrected chi connectivity index (χ0v) is 15.5. The number of halogens is 1. The number of likely N-dealkylation sites (N-methyl/N-ethyl adjacent to an activating group) is 1. The molecule has 3 rings (SSSR count). The first-order chi connectivity index (χ1) is 11.2. The molecular weight excluding hydrogens is 399 g/mol. The number of hydrogen-bond donors (Lipinski definition) is 0. The van der Waals surface area contributed by atoms with Crippen LogP contribution in [0.1, 0.15) is 5.56 Å². The fourth-order valence-corrected chi connectivity index (χ4v) is 2.94. The highest BCUT2D eigenvalue weighted by Gasteiger charge is 2.13. The Hall–Kier alpha value is -1.47. The van der Waals surface area contributed by atoms with Gasteiger partial charge in [-0.25, -0.2) is 0 Å². The number of piperazine rings is 1. The van der Waals surface area contributed by atoms with Crippen molar-refractivity contribution in [3.05, 3.63) is 57.7 Å². The van der Waals surface area contributed by atoms with Crippen LogP contribution in [0.3, 0.4) is 0 Å². The smallest absolute Gasteiger partial charge is 0.0853 e. The van der Waals surface area contributed by atoms with Crippen molar-refractivity contribution in [3.63, 3.8) is 0 Å². The topological polar surface area (TPSA) is 31.2 Å². The highest BCUT2D eigenvalue weighted by Crippen LogP contribution is 2.19. The largest absolute Gasteiger partial charge is 0.369 e. The Bertz CT molecular complexity index is 644. The average Bonchev–Trinajstić information content (AvgIpc) is 2.58. The molecule has 1 aliphatic rings. The monoisotopic (exact) mass is 420 g/mol. The normalized spacial score (nSPS) is 16.2. The van der Waals surface area contributed by atoms with Crippen molar-refractivity contribution in [3.8, 4) is 0 Å². The van der Waals surface area contributed by atoms with Crippen LogP contribution in [0.2, 0.25) is 0 Å². The lowest BCUT2D eigenvalue weighted by atomic mass is 10.2. The third kappa shape index (κ3) is 4.75. The molecule has 0 amide bonds. The summed E-state index contributed by atoms with van der Waals surface area (Å²) in [6.45, 7) is 5.08. The fourth-order valence-electron chi connectivity index (χ4n) is 2.58. The summed E-state index contributed by atoms with van der Waals surface area (Å²) in [4.78, 5) is 4.81. The van der Waals surface area contributed by atoms with E-state index >= 15 is 0 Å². The van der Waals surface area contributed by atoms with Gasteiger partial charge in [0.2, 0.25) is 0 Å². The van der Waals surface area contributed by atoms with Crippen molar-refractivity contribution in [1.29, 1.82) is 0 Å². The minimum absolute atomic E-state index is 0.620. The fraction of sp³-hybridized carbons (Fsp3) is 0.333. The molecule has 0 unspecified atom stereocenters. The van der Waals surface area contributed by atoms with Gasteiger partial charge >= 0.3 is 0 Å². The van der Waals surface area contributed by atoms with Crippen molar-refractivity contribution in [2.45, 2.75) is 6.54 Å². The van der Waals surface area contributed by atoms with Crippen LogP contribution in [-0.4, -0.2) is 38.1 Å². The van der Waals surface area contributed by atoms with E-state index in [0.29, 0.717) is 6.54 Å². The molecule has 5 heteroatoms. The third-order valence-corrected chi connectivity index (χ3v) is 4.79. The number of benzene rings is 2. The second kappa shape index (κ2) is 7.88. The summed E-state index contributed by atoms with van der Waals surface area (Å²) in [7, 11) is 2.18. The SMILES string of the molecule is CN1CCN(c2ccc(CN=Nc3ccc(I)cc3)cc2)CC1. The van der Waals surface area contributed by atoms with Crippen LogP contribution in [0.4, 0.5) is 11.4 Å². The van der Waals surface area contributed by atoms with E-state index in [0.717, 1.165) is 31.9 Å². The summed E-state index contributed by atoms with van der Waals surface area (Å²) < 4.78 is 1.21. The van der Waals surface area contributed by atoms with Crippen molar-refractivity contribution >= 4 is 34.0 Å². The van der Waals surface area contributed by atoms with Crippen molar-refractivity contribution in [2.24, 2.45) is 10.2 Å². The van der Waals surface area contributed by atoms with Gasteiger partial charge in [-0.05, 0) is 71.6 Å². The third-order valence-electron chi connectivity index (χ3n) is 4.07. The lowest BCUT2D eigenvalue weighted by molar-refractivity contribution is 0.313. The first-order valence-electron chi connectivity index (χ1n) is 7.86. The van der Waals surface area contributed by atoms with Crippen LogP contribution in [-0.2, 0) is 6.54 Å². The summed E-state index contributed by atoms with van der Waals surface area (Å²) in [5.41, 5.74) is 3.40. The first kappa shape index (κ1) is 16.4. The number of anilines is 1. The molecular formula is C18H21IN4. The Morgan fingerprint density at radius 2 is 1.57 bits per heavy atom. The first-order valence-corrected chi connectivity index (χ1v) is 8.94. The quantitative estimate of drug-likeness (QED) is 0.545. The van der Waals surface area contributed by atoms with Gasteiger partial charge in [0.15, 0.2) is 0 Å². The number of azo groups is 1. The van der Waals surface area contributed by atoms with Crippen molar-refractivity contribution in [2.75, 3.05) is 38.1 Å². The molecule has 0 radical (unpaired) electrons. The lowest BCUT2D eigenvalue weighted by Crippen LogP contribution is -2.44. The average molecular weight is 420 g/mol. The summed E-state index contributed by atoms with van der Waals surface area (Å²) in [6.07, 6.45) is 0. The summed E-state index contributed by atoms with van der Waals surface area (Å²) in [5, 5.41) is 8.56. The van der Waals surface area contributed by atoms with Crippen LogP contribution in [0.5, 0.6) is 0 Å². The highest BCUT2D eigenvalue weighted by atomic mass is 127. The molecule has 4 nitrogen and oxygen atoms in total. The van der Waals surface area contributed by atoms with Gasteiger partial charge in [-0.2, -0.15) is 10.2 Å². The minimum atomic E-state index is 0.620. The van der Waals surface area contributed by atoms with E-state index in [9.17, 15) is 0 Å². The summed E-state index contributed by atoms with van der Waals surface area (Å²) in [5.74, 6) is 0. The maximum Gasteiger partial charge on any atom is 0.0853 e. The molecule has 0 spiro atoms. The van der Waals surface area contributed by atoms with E-state index in [2.05, 4.69) is 73.9 Å². The molecule has 1 heterocycles. The van der Waals surface area contributed by atoms with Crippen molar-refractivity contribution in [1.82, 2.24) is 4.90 Å². The van der Waals surface area contributed by atoms with Crippen LogP contribution in [0, 0.1) is 3.57 Å². The molecule has 0 atom stereocenters. The van der Waals surface area contributed by atoms with Gasteiger partial charge in [0, 0.05) is 35.4 Å². The Morgan fingerprint density at radius 1 is 0.913 bits per heavy atom. The molecule has 0 aliphatic carbocycles. The van der Waals surface area contributed by atoms with E-state index in [4.69, 9.17) is 0 Å². The standard InChI is InChI=1S/C18H21IN4/c1-22-10-12-23(13-11-22)18-8-2-15(3-9-18)14-20-21-17-6-4-16(19)5-7-17/h2-9H,10-14H2,1H3. The van der Waals surface area contributed by atoms with Crippen LogP contribution in [0.15, 0.2) is 58.8 Å². The maximum atomic E-state index is 4.30. The zero-order valence-electron chi connectivity index (χ0n) is 13.3. The molecule has 0 aromatic heterocycles. The van der Waals surface area contributed by atoms with Gasteiger partial charge in [-0.15, -0.1) is 0 Å². The zero-order chi connectivity index (χ0) is 16.1. The Balaban J connectivity index is 1.56. The Kier molecular flexibility index (Phi) is 5.61. The van der Waals surface area contributed by atoms with E-state index in [1.54, 1.807) is 0 Å². The maximum absolute atomic E-state index is 4.30. The number of rotatable bonds is 4. The molecule has 0 N–H and O–H groups in total. The van der Waals surface area contributed by atoms with Crippen molar-refractivity contribution < 1.29 is 0 Å². The Labute approximate surface area is 151 Å².